The average Bonchev–Trinajstić information content (AvgIpc) is 3.10. The minimum absolute atomic E-state index is 0.0753. The Balaban J connectivity index is 1.79. The Morgan fingerprint density at radius 2 is 2.15 bits per heavy atom. The second kappa shape index (κ2) is 5.54. The first-order chi connectivity index (χ1) is 9.72. The molecule has 102 valence electrons. The van der Waals surface area contributed by atoms with Crippen molar-refractivity contribution in [3.8, 4) is 11.3 Å². The van der Waals surface area contributed by atoms with Gasteiger partial charge in [-0.3, -0.25) is 0 Å². The smallest absolute Gasteiger partial charge is 0.181 e. The summed E-state index contributed by atoms with van der Waals surface area (Å²) in [6.45, 7) is 2.05. The van der Waals surface area contributed by atoms with Gasteiger partial charge in [-0.05, 0) is 47.1 Å². The summed E-state index contributed by atoms with van der Waals surface area (Å²) in [6, 6.07) is 11.9. The number of benzene rings is 1. The van der Waals surface area contributed by atoms with E-state index in [1.807, 2.05) is 43.3 Å². The molecule has 1 unspecified atom stereocenters. The number of nitrogens with one attached hydrogen (secondary N) is 1. The van der Waals surface area contributed by atoms with Gasteiger partial charge in [0.1, 0.15) is 5.76 Å². The minimum Gasteiger partial charge on any atom is -0.452 e. The van der Waals surface area contributed by atoms with Crippen molar-refractivity contribution >= 4 is 21.6 Å². The lowest BCUT2D eigenvalue weighted by atomic mass is 10.1. The lowest BCUT2D eigenvalue weighted by molar-refractivity contribution is 0.471. The van der Waals surface area contributed by atoms with Crippen molar-refractivity contribution in [2.75, 3.05) is 5.32 Å². The van der Waals surface area contributed by atoms with Crippen LogP contribution in [0.4, 0.5) is 5.69 Å². The Morgan fingerprint density at radius 3 is 2.85 bits per heavy atom. The number of anilines is 1. The fraction of sp³-hybridized carbons (Fsp3) is 0.133. The zero-order valence-electron chi connectivity index (χ0n) is 10.8. The van der Waals surface area contributed by atoms with E-state index in [-0.39, 0.29) is 6.04 Å². The lowest BCUT2D eigenvalue weighted by Gasteiger charge is -2.13. The molecule has 0 aliphatic heterocycles. The van der Waals surface area contributed by atoms with Crippen LogP contribution in [0.15, 0.2) is 62.5 Å². The van der Waals surface area contributed by atoms with E-state index < -0.39 is 0 Å². The molecule has 1 aromatic carbocycles. The van der Waals surface area contributed by atoms with E-state index in [0.717, 1.165) is 27.4 Å². The highest BCUT2D eigenvalue weighted by molar-refractivity contribution is 9.10. The first kappa shape index (κ1) is 13.0. The van der Waals surface area contributed by atoms with Gasteiger partial charge in [0.2, 0.25) is 0 Å². The lowest BCUT2D eigenvalue weighted by Crippen LogP contribution is -2.05. The summed E-state index contributed by atoms with van der Waals surface area (Å²) in [4.78, 5) is 3.93. The van der Waals surface area contributed by atoms with E-state index >= 15 is 0 Å². The number of oxazole rings is 1. The second-order valence-corrected chi connectivity index (χ2v) is 5.24. The molecule has 0 radical (unpaired) electrons. The van der Waals surface area contributed by atoms with E-state index in [9.17, 15) is 0 Å². The Morgan fingerprint density at radius 1 is 1.25 bits per heavy atom. The van der Waals surface area contributed by atoms with E-state index in [2.05, 4.69) is 26.2 Å². The number of nitrogens with zero attached hydrogens (tertiary/aromatic N) is 1. The van der Waals surface area contributed by atoms with E-state index in [1.54, 1.807) is 6.20 Å². The summed E-state index contributed by atoms with van der Waals surface area (Å²) in [5, 5.41) is 3.40. The van der Waals surface area contributed by atoms with Gasteiger partial charge in [-0.1, -0.05) is 12.1 Å². The Labute approximate surface area is 125 Å². The predicted octanol–water partition coefficient (Wildman–Crippen LogP) is 4.87. The van der Waals surface area contributed by atoms with Gasteiger partial charge < -0.3 is 14.2 Å². The second-order valence-electron chi connectivity index (χ2n) is 4.45. The van der Waals surface area contributed by atoms with Gasteiger partial charge in [0.05, 0.1) is 12.2 Å². The monoisotopic (exact) mass is 332 g/mol. The van der Waals surface area contributed by atoms with Crippen molar-refractivity contribution in [2.24, 2.45) is 0 Å². The van der Waals surface area contributed by atoms with Crippen LogP contribution in [0.2, 0.25) is 0 Å². The molecule has 1 N–H and O–H groups in total. The summed E-state index contributed by atoms with van der Waals surface area (Å²) in [5.41, 5.74) is 1.99. The summed E-state index contributed by atoms with van der Waals surface area (Å²) in [6.07, 6.45) is 3.13. The Hall–Kier alpha value is -2.01. The molecular formula is C15H13BrN2O2. The van der Waals surface area contributed by atoms with Gasteiger partial charge in [0.15, 0.2) is 16.8 Å². The van der Waals surface area contributed by atoms with Crippen LogP contribution in [0, 0.1) is 0 Å². The number of hydrogen-bond acceptors (Lipinski definition) is 4. The van der Waals surface area contributed by atoms with Crippen molar-refractivity contribution in [3.05, 3.63) is 59.4 Å². The van der Waals surface area contributed by atoms with Crippen molar-refractivity contribution < 1.29 is 8.83 Å². The molecular weight excluding hydrogens is 320 g/mol. The van der Waals surface area contributed by atoms with Crippen LogP contribution >= 0.6 is 15.9 Å². The molecule has 4 nitrogen and oxygen atoms in total. The van der Waals surface area contributed by atoms with E-state index in [0.29, 0.717) is 0 Å². The number of halogens is 1. The van der Waals surface area contributed by atoms with Crippen molar-refractivity contribution in [1.29, 1.82) is 0 Å². The van der Waals surface area contributed by atoms with Crippen LogP contribution in [0.25, 0.3) is 11.3 Å². The molecule has 0 saturated carbocycles. The average molecular weight is 333 g/mol. The maximum Gasteiger partial charge on any atom is 0.181 e. The topological polar surface area (TPSA) is 51.2 Å². The Kier molecular flexibility index (Phi) is 3.60. The fourth-order valence-corrected chi connectivity index (χ4v) is 2.32. The number of rotatable bonds is 4. The minimum atomic E-state index is 0.0753. The molecule has 2 heterocycles. The largest absolute Gasteiger partial charge is 0.452 e. The molecule has 0 amide bonds. The maximum atomic E-state index is 5.55. The molecule has 0 saturated heterocycles. The third kappa shape index (κ3) is 2.77. The molecule has 0 bridgehead atoms. The SMILES string of the molecule is CC(Nc1cccc(-c2cnco2)c1)c1ccc(Br)o1. The van der Waals surface area contributed by atoms with Crippen LogP contribution in [0.5, 0.6) is 0 Å². The standard InChI is InChI=1S/C15H13BrN2O2/c1-10(13-5-6-15(16)20-13)18-12-4-2-3-11(7-12)14-8-17-9-19-14/h2-10,18H,1H3. The van der Waals surface area contributed by atoms with Crippen LogP contribution < -0.4 is 5.32 Å². The summed E-state index contributed by atoms with van der Waals surface area (Å²) in [5.74, 6) is 1.63. The zero-order valence-corrected chi connectivity index (χ0v) is 12.4. The van der Waals surface area contributed by atoms with Crippen LogP contribution in [0.3, 0.4) is 0 Å². The highest BCUT2D eigenvalue weighted by atomic mass is 79.9. The molecule has 20 heavy (non-hydrogen) atoms. The van der Waals surface area contributed by atoms with E-state index in [1.165, 1.54) is 6.39 Å². The van der Waals surface area contributed by atoms with Crippen molar-refractivity contribution in [2.45, 2.75) is 13.0 Å². The molecule has 5 heteroatoms. The van der Waals surface area contributed by atoms with Gasteiger partial charge in [-0.15, -0.1) is 0 Å². The third-order valence-electron chi connectivity index (χ3n) is 2.98. The Bertz CT molecular complexity index is 691. The maximum absolute atomic E-state index is 5.55. The first-order valence-electron chi connectivity index (χ1n) is 6.23. The normalized spacial score (nSPS) is 12.3. The highest BCUT2D eigenvalue weighted by Crippen LogP contribution is 2.26. The number of hydrogen-bond donors (Lipinski definition) is 1. The van der Waals surface area contributed by atoms with Gasteiger partial charge in [-0.2, -0.15) is 0 Å². The summed E-state index contributed by atoms with van der Waals surface area (Å²) < 4.78 is 11.6. The van der Waals surface area contributed by atoms with Gasteiger partial charge in [0.25, 0.3) is 0 Å². The van der Waals surface area contributed by atoms with E-state index in [4.69, 9.17) is 8.83 Å². The van der Waals surface area contributed by atoms with Gasteiger partial charge >= 0.3 is 0 Å². The number of furan rings is 1. The highest BCUT2D eigenvalue weighted by Gasteiger charge is 2.10. The number of aromatic nitrogens is 1. The molecule has 3 rings (SSSR count). The summed E-state index contributed by atoms with van der Waals surface area (Å²) >= 11 is 3.31. The molecule has 1 atom stereocenters. The van der Waals surface area contributed by atoms with Crippen molar-refractivity contribution in [3.63, 3.8) is 0 Å². The van der Waals surface area contributed by atoms with Gasteiger partial charge in [0, 0.05) is 11.3 Å². The fourth-order valence-electron chi connectivity index (χ4n) is 2.00. The van der Waals surface area contributed by atoms with Crippen LogP contribution in [0.1, 0.15) is 18.7 Å². The van der Waals surface area contributed by atoms with Crippen LogP contribution in [-0.2, 0) is 0 Å². The molecule has 3 aromatic rings. The van der Waals surface area contributed by atoms with Crippen molar-refractivity contribution in [1.82, 2.24) is 4.98 Å². The first-order valence-corrected chi connectivity index (χ1v) is 7.02. The zero-order chi connectivity index (χ0) is 13.9. The molecule has 0 fully saturated rings. The molecule has 0 aliphatic rings. The molecule has 2 aromatic heterocycles. The third-order valence-corrected chi connectivity index (χ3v) is 3.41. The summed E-state index contributed by atoms with van der Waals surface area (Å²) in [7, 11) is 0. The quantitative estimate of drug-likeness (QED) is 0.740. The molecule has 0 spiro atoms. The molecule has 0 aliphatic carbocycles. The van der Waals surface area contributed by atoms with Crippen LogP contribution in [-0.4, -0.2) is 4.98 Å². The predicted molar refractivity (Wildman–Crippen MR) is 80.4 cm³/mol. The van der Waals surface area contributed by atoms with Gasteiger partial charge in [-0.25, -0.2) is 4.98 Å².